The van der Waals surface area contributed by atoms with Crippen molar-refractivity contribution in [2.24, 2.45) is 0 Å². The van der Waals surface area contributed by atoms with E-state index >= 15 is 0 Å². The predicted octanol–water partition coefficient (Wildman–Crippen LogP) is 2.66. The molecule has 2 heteroatoms. The summed E-state index contributed by atoms with van der Waals surface area (Å²) in [6, 6.07) is 5.27. The molecule has 0 saturated heterocycles. The molecule has 0 radical (unpaired) electrons. The molecule has 0 unspecified atom stereocenters. The molecule has 0 amide bonds. The van der Waals surface area contributed by atoms with Gasteiger partial charge in [0.1, 0.15) is 11.6 Å². The van der Waals surface area contributed by atoms with Crippen molar-refractivity contribution in [2.45, 2.75) is 26.7 Å². The molecular formula is C11H13FO. The lowest BCUT2D eigenvalue weighted by Gasteiger charge is -2.03. The number of aryl methyl sites for hydroxylation is 2. The maximum absolute atomic E-state index is 13.3. The van der Waals surface area contributed by atoms with Crippen LogP contribution in [-0.4, -0.2) is 5.78 Å². The highest BCUT2D eigenvalue weighted by atomic mass is 19.1. The standard InChI is InChI=1S/C11H13FO/c1-8-4-3-5-10(11(8)12)7-6-9(2)13/h3-5H,6-7H2,1-2H3. The molecule has 1 aromatic carbocycles. The zero-order valence-electron chi connectivity index (χ0n) is 7.93. The van der Waals surface area contributed by atoms with E-state index in [4.69, 9.17) is 0 Å². The van der Waals surface area contributed by atoms with Gasteiger partial charge in [0.05, 0.1) is 0 Å². The summed E-state index contributed by atoms with van der Waals surface area (Å²) in [7, 11) is 0. The van der Waals surface area contributed by atoms with Gasteiger partial charge in [-0.15, -0.1) is 0 Å². The van der Waals surface area contributed by atoms with Crippen molar-refractivity contribution in [1.82, 2.24) is 0 Å². The lowest BCUT2D eigenvalue weighted by Crippen LogP contribution is -1.97. The van der Waals surface area contributed by atoms with E-state index < -0.39 is 0 Å². The summed E-state index contributed by atoms with van der Waals surface area (Å²) < 4.78 is 13.3. The molecule has 13 heavy (non-hydrogen) atoms. The number of carbonyl (C=O) groups excluding carboxylic acids is 1. The quantitative estimate of drug-likeness (QED) is 0.698. The van der Waals surface area contributed by atoms with Crippen LogP contribution in [0.1, 0.15) is 24.5 Å². The van der Waals surface area contributed by atoms with Crippen molar-refractivity contribution in [3.63, 3.8) is 0 Å². The summed E-state index contributed by atoms with van der Waals surface area (Å²) in [5.41, 5.74) is 1.27. The molecule has 0 spiro atoms. The molecule has 1 nitrogen and oxygen atoms in total. The highest BCUT2D eigenvalue weighted by Crippen LogP contribution is 2.13. The zero-order chi connectivity index (χ0) is 9.84. The molecule has 0 aliphatic rings. The largest absolute Gasteiger partial charge is 0.300 e. The predicted molar refractivity (Wildman–Crippen MR) is 50.1 cm³/mol. The Hall–Kier alpha value is -1.18. The van der Waals surface area contributed by atoms with Gasteiger partial charge in [-0.2, -0.15) is 0 Å². The molecule has 70 valence electrons. The van der Waals surface area contributed by atoms with E-state index in [1.54, 1.807) is 19.1 Å². The first-order chi connectivity index (χ1) is 6.11. The van der Waals surface area contributed by atoms with Gasteiger partial charge in [0.25, 0.3) is 0 Å². The van der Waals surface area contributed by atoms with Gasteiger partial charge in [-0.1, -0.05) is 18.2 Å². The van der Waals surface area contributed by atoms with E-state index in [0.29, 0.717) is 24.0 Å². The van der Waals surface area contributed by atoms with Gasteiger partial charge in [-0.25, -0.2) is 4.39 Å². The Morgan fingerprint density at radius 3 is 2.77 bits per heavy atom. The summed E-state index contributed by atoms with van der Waals surface area (Å²) in [6.45, 7) is 3.25. The monoisotopic (exact) mass is 180 g/mol. The third kappa shape index (κ3) is 2.65. The topological polar surface area (TPSA) is 17.1 Å². The molecule has 0 N–H and O–H groups in total. The maximum atomic E-state index is 13.3. The van der Waals surface area contributed by atoms with Gasteiger partial charge in [0.15, 0.2) is 0 Å². The lowest BCUT2D eigenvalue weighted by atomic mass is 10.0. The number of Topliss-reactive ketones (excluding diaryl/α,β-unsaturated/α-hetero) is 1. The number of hydrogen-bond acceptors (Lipinski definition) is 1. The first-order valence-electron chi connectivity index (χ1n) is 4.34. The molecule has 0 bridgehead atoms. The maximum Gasteiger partial charge on any atom is 0.130 e. The normalized spacial score (nSPS) is 10.1. The van der Waals surface area contributed by atoms with Gasteiger partial charge in [-0.3, -0.25) is 0 Å². The van der Waals surface area contributed by atoms with Crippen molar-refractivity contribution in [3.8, 4) is 0 Å². The van der Waals surface area contributed by atoms with Gasteiger partial charge >= 0.3 is 0 Å². The van der Waals surface area contributed by atoms with Crippen LogP contribution in [0.5, 0.6) is 0 Å². The van der Waals surface area contributed by atoms with E-state index in [9.17, 15) is 9.18 Å². The van der Waals surface area contributed by atoms with Crippen LogP contribution in [0.2, 0.25) is 0 Å². The first-order valence-corrected chi connectivity index (χ1v) is 4.34. The van der Waals surface area contributed by atoms with Crippen molar-refractivity contribution in [2.75, 3.05) is 0 Å². The number of carbonyl (C=O) groups is 1. The van der Waals surface area contributed by atoms with E-state index in [-0.39, 0.29) is 11.6 Å². The van der Waals surface area contributed by atoms with Crippen LogP contribution in [0, 0.1) is 12.7 Å². The molecule has 0 aliphatic carbocycles. The van der Waals surface area contributed by atoms with E-state index in [2.05, 4.69) is 0 Å². The Kier molecular flexibility index (Phi) is 3.18. The van der Waals surface area contributed by atoms with Crippen molar-refractivity contribution < 1.29 is 9.18 Å². The average Bonchev–Trinajstić information content (AvgIpc) is 2.07. The van der Waals surface area contributed by atoms with E-state index in [0.717, 1.165) is 0 Å². The van der Waals surface area contributed by atoms with Crippen LogP contribution in [-0.2, 0) is 11.2 Å². The van der Waals surface area contributed by atoms with Gasteiger partial charge in [0.2, 0.25) is 0 Å². The van der Waals surface area contributed by atoms with Crippen molar-refractivity contribution in [3.05, 3.63) is 35.1 Å². The first kappa shape index (κ1) is 9.90. The summed E-state index contributed by atoms with van der Waals surface area (Å²) in [5, 5.41) is 0. The summed E-state index contributed by atoms with van der Waals surface area (Å²) >= 11 is 0. The molecule has 0 fully saturated rings. The van der Waals surface area contributed by atoms with Crippen molar-refractivity contribution in [1.29, 1.82) is 0 Å². The number of hydrogen-bond donors (Lipinski definition) is 0. The second-order valence-corrected chi connectivity index (χ2v) is 3.25. The lowest BCUT2D eigenvalue weighted by molar-refractivity contribution is -0.116. The third-order valence-corrected chi connectivity index (χ3v) is 2.02. The molecule has 0 aromatic heterocycles. The number of benzene rings is 1. The Morgan fingerprint density at radius 1 is 1.46 bits per heavy atom. The minimum atomic E-state index is -0.177. The van der Waals surface area contributed by atoms with Crippen LogP contribution < -0.4 is 0 Å². The second kappa shape index (κ2) is 4.17. The van der Waals surface area contributed by atoms with Crippen LogP contribution in [0.3, 0.4) is 0 Å². The molecule has 0 atom stereocenters. The summed E-state index contributed by atoms with van der Waals surface area (Å²) in [6.07, 6.45) is 0.920. The minimum absolute atomic E-state index is 0.0981. The Bertz CT molecular complexity index is 318. The van der Waals surface area contributed by atoms with Crippen LogP contribution in [0.15, 0.2) is 18.2 Å². The Labute approximate surface area is 77.6 Å². The molecule has 1 rings (SSSR count). The fourth-order valence-electron chi connectivity index (χ4n) is 1.21. The van der Waals surface area contributed by atoms with E-state index in [1.807, 2.05) is 6.07 Å². The highest BCUT2D eigenvalue weighted by molar-refractivity contribution is 5.75. The minimum Gasteiger partial charge on any atom is -0.300 e. The SMILES string of the molecule is CC(=O)CCc1cccc(C)c1F. The summed E-state index contributed by atoms with van der Waals surface area (Å²) in [5.74, 6) is -0.0790. The third-order valence-electron chi connectivity index (χ3n) is 2.02. The van der Waals surface area contributed by atoms with Crippen LogP contribution >= 0.6 is 0 Å². The molecular weight excluding hydrogens is 167 g/mol. The molecule has 1 aromatic rings. The fourth-order valence-corrected chi connectivity index (χ4v) is 1.21. The van der Waals surface area contributed by atoms with E-state index in [1.165, 1.54) is 6.92 Å². The number of ketones is 1. The fraction of sp³-hybridized carbons (Fsp3) is 0.364. The highest BCUT2D eigenvalue weighted by Gasteiger charge is 2.04. The Balaban J connectivity index is 2.77. The number of rotatable bonds is 3. The average molecular weight is 180 g/mol. The molecule has 0 aliphatic heterocycles. The van der Waals surface area contributed by atoms with Crippen LogP contribution in [0.4, 0.5) is 4.39 Å². The van der Waals surface area contributed by atoms with Gasteiger partial charge in [0, 0.05) is 6.42 Å². The smallest absolute Gasteiger partial charge is 0.130 e. The van der Waals surface area contributed by atoms with Crippen molar-refractivity contribution >= 4 is 5.78 Å². The van der Waals surface area contributed by atoms with Crippen LogP contribution in [0.25, 0.3) is 0 Å². The second-order valence-electron chi connectivity index (χ2n) is 3.25. The Morgan fingerprint density at radius 2 is 2.15 bits per heavy atom. The zero-order valence-corrected chi connectivity index (χ0v) is 7.93. The molecule has 0 heterocycles. The van der Waals surface area contributed by atoms with Gasteiger partial charge in [-0.05, 0) is 31.4 Å². The number of halogens is 1. The van der Waals surface area contributed by atoms with Gasteiger partial charge < -0.3 is 4.79 Å². The summed E-state index contributed by atoms with van der Waals surface area (Å²) in [4.78, 5) is 10.7. The molecule has 0 saturated carbocycles.